The van der Waals surface area contributed by atoms with Crippen LogP contribution in [0.15, 0.2) is 72.8 Å². The van der Waals surface area contributed by atoms with E-state index in [1.807, 2.05) is 18.2 Å². The Hall–Kier alpha value is -3.45. The molecule has 0 aromatic heterocycles. The number of anilines is 1. The number of Topliss-reactive ketones (excluding diaryl/α,β-unsaturated/α-hetero) is 1. The molecule has 32 heavy (non-hydrogen) atoms. The van der Waals surface area contributed by atoms with Crippen molar-refractivity contribution in [3.63, 3.8) is 0 Å². The van der Waals surface area contributed by atoms with Crippen molar-refractivity contribution in [1.82, 2.24) is 0 Å². The Balaban J connectivity index is 1.41. The molecule has 0 radical (unpaired) electrons. The van der Waals surface area contributed by atoms with Crippen molar-refractivity contribution in [2.45, 2.75) is 12.8 Å². The Kier molecular flexibility index (Phi) is 6.10. The number of ether oxygens (including phenoxy) is 1. The van der Waals surface area contributed by atoms with Gasteiger partial charge in [0.15, 0.2) is 18.2 Å². The molecule has 0 atom stereocenters. The summed E-state index contributed by atoms with van der Waals surface area (Å²) in [7, 11) is -3.35. The van der Waals surface area contributed by atoms with Gasteiger partial charge in [-0.25, -0.2) is 8.42 Å². The van der Waals surface area contributed by atoms with E-state index in [2.05, 4.69) is 0 Å². The van der Waals surface area contributed by atoms with E-state index in [-0.39, 0.29) is 18.2 Å². The van der Waals surface area contributed by atoms with E-state index < -0.39 is 10.0 Å². The number of hydrogen-bond donors (Lipinski definition) is 0. The molecule has 1 aliphatic heterocycles. The molecule has 0 saturated heterocycles. The van der Waals surface area contributed by atoms with Crippen molar-refractivity contribution in [2.75, 3.05) is 23.7 Å². The second kappa shape index (κ2) is 8.96. The molecule has 0 fully saturated rings. The molecular formula is C25H23NO5S. The topological polar surface area (TPSA) is 80.8 Å². The third-order valence-corrected chi connectivity index (χ3v) is 6.58. The van der Waals surface area contributed by atoms with Gasteiger partial charge in [-0.15, -0.1) is 0 Å². The molecule has 0 N–H and O–H groups in total. The summed E-state index contributed by atoms with van der Waals surface area (Å²) >= 11 is 0. The Bertz CT molecular complexity index is 1250. The monoisotopic (exact) mass is 449 g/mol. The quantitative estimate of drug-likeness (QED) is 0.511. The van der Waals surface area contributed by atoms with Gasteiger partial charge in [0.25, 0.3) is 0 Å². The average molecular weight is 450 g/mol. The summed E-state index contributed by atoms with van der Waals surface area (Å²) in [5.74, 6) is 0.211. The molecule has 0 aliphatic carbocycles. The summed E-state index contributed by atoms with van der Waals surface area (Å²) < 4.78 is 31.0. The molecule has 0 spiro atoms. The number of carbonyl (C=O) groups is 2. The van der Waals surface area contributed by atoms with Crippen LogP contribution >= 0.6 is 0 Å². The molecular weight excluding hydrogens is 426 g/mol. The van der Waals surface area contributed by atoms with Crippen LogP contribution in [-0.4, -0.2) is 39.4 Å². The van der Waals surface area contributed by atoms with Gasteiger partial charge in [0.2, 0.25) is 10.0 Å². The summed E-state index contributed by atoms with van der Waals surface area (Å²) in [4.78, 5) is 25.1. The summed E-state index contributed by atoms with van der Waals surface area (Å²) in [5.41, 5.74) is 3.11. The first-order chi connectivity index (χ1) is 15.3. The van der Waals surface area contributed by atoms with E-state index in [1.54, 1.807) is 54.6 Å². The van der Waals surface area contributed by atoms with Gasteiger partial charge in [-0.3, -0.25) is 13.9 Å². The lowest BCUT2D eigenvalue weighted by Crippen LogP contribution is -2.34. The minimum Gasteiger partial charge on any atom is -0.485 e. The second-order valence-electron chi connectivity index (χ2n) is 7.71. The summed E-state index contributed by atoms with van der Waals surface area (Å²) in [6, 6.07) is 20.8. The van der Waals surface area contributed by atoms with E-state index >= 15 is 0 Å². The third-order valence-electron chi connectivity index (χ3n) is 5.40. The highest BCUT2D eigenvalue weighted by atomic mass is 32.2. The number of fused-ring (bicyclic) bond motifs is 1. The molecule has 0 bridgehead atoms. The predicted molar refractivity (Wildman–Crippen MR) is 123 cm³/mol. The lowest BCUT2D eigenvalue weighted by Gasteiger charge is -2.29. The SMILES string of the molecule is CS(=O)(=O)N1CCCc2cc(C(=O)COc3ccc(C(=O)c4ccccc4)cc3)ccc21. The van der Waals surface area contributed by atoms with Crippen LogP contribution in [0.3, 0.4) is 0 Å². The zero-order chi connectivity index (χ0) is 22.7. The van der Waals surface area contributed by atoms with Crippen molar-refractivity contribution in [2.24, 2.45) is 0 Å². The molecule has 1 heterocycles. The molecule has 0 saturated carbocycles. The Morgan fingerprint density at radius 2 is 1.56 bits per heavy atom. The molecule has 164 valence electrons. The van der Waals surface area contributed by atoms with Gasteiger partial charge in [-0.05, 0) is 60.9 Å². The van der Waals surface area contributed by atoms with Crippen LogP contribution in [0.5, 0.6) is 5.75 Å². The van der Waals surface area contributed by atoms with E-state index in [0.29, 0.717) is 41.1 Å². The van der Waals surface area contributed by atoms with Gasteiger partial charge in [-0.2, -0.15) is 0 Å². The predicted octanol–water partition coefficient (Wildman–Crippen LogP) is 3.89. The van der Waals surface area contributed by atoms with Crippen molar-refractivity contribution in [3.05, 3.63) is 95.1 Å². The molecule has 0 unspecified atom stereocenters. The number of sulfonamides is 1. The molecule has 1 aliphatic rings. The van der Waals surface area contributed by atoms with Crippen LogP contribution in [0.1, 0.15) is 38.3 Å². The first kappa shape index (κ1) is 21.8. The molecule has 0 amide bonds. The lowest BCUT2D eigenvalue weighted by molar-refractivity contribution is 0.0920. The highest BCUT2D eigenvalue weighted by molar-refractivity contribution is 7.92. The fourth-order valence-electron chi connectivity index (χ4n) is 3.77. The standard InChI is InChI=1S/C25H23NO5S/c1-32(29,30)26-15-5-8-20-16-21(11-14-23(20)26)24(27)17-31-22-12-9-19(10-13-22)25(28)18-6-3-2-4-7-18/h2-4,6-7,9-14,16H,5,8,15,17H2,1H3. The van der Waals surface area contributed by atoms with E-state index in [0.717, 1.165) is 12.0 Å². The zero-order valence-electron chi connectivity index (χ0n) is 17.7. The van der Waals surface area contributed by atoms with Crippen molar-refractivity contribution in [3.8, 4) is 5.75 Å². The zero-order valence-corrected chi connectivity index (χ0v) is 18.5. The highest BCUT2D eigenvalue weighted by Gasteiger charge is 2.24. The summed E-state index contributed by atoms with van der Waals surface area (Å²) in [5, 5.41) is 0. The van der Waals surface area contributed by atoms with Crippen molar-refractivity contribution < 1.29 is 22.7 Å². The first-order valence-electron chi connectivity index (χ1n) is 10.3. The fraction of sp³-hybridized carbons (Fsp3) is 0.200. The number of aryl methyl sites for hydroxylation is 1. The summed E-state index contributed by atoms with van der Waals surface area (Å²) in [6.45, 7) is 0.297. The molecule has 3 aromatic carbocycles. The van der Waals surface area contributed by atoms with Gasteiger partial charge in [0, 0.05) is 23.2 Å². The number of carbonyl (C=O) groups excluding carboxylic acids is 2. The average Bonchev–Trinajstić information content (AvgIpc) is 2.81. The minimum absolute atomic E-state index is 0.0783. The maximum Gasteiger partial charge on any atom is 0.232 e. The minimum atomic E-state index is -3.35. The molecule has 7 heteroatoms. The van der Waals surface area contributed by atoms with Gasteiger partial charge >= 0.3 is 0 Å². The maximum absolute atomic E-state index is 12.6. The summed E-state index contributed by atoms with van der Waals surface area (Å²) in [6.07, 6.45) is 2.62. The first-order valence-corrected chi connectivity index (χ1v) is 12.1. The van der Waals surface area contributed by atoms with Gasteiger partial charge in [0.05, 0.1) is 11.9 Å². The van der Waals surface area contributed by atoms with Crippen LogP contribution in [0.4, 0.5) is 5.69 Å². The number of ketones is 2. The van der Waals surface area contributed by atoms with Gasteiger partial charge in [0.1, 0.15) is 5.75 Å². The normalized spacial score (nSPS) is 13.3. The van der Waals surface area contributed by atoms with Crippen molar-refractivity contribution in [1.29, 1.82) is 0 Å². The number of hydrogen-bond acceptors (Lipinski definition) is 5. The van der Waals surface area contributed by atoms with Crippen LogP contribution in [0.2, 0.25) is 0 Å². The van der Waals surface area contributed by atoms with Gasteiger partial charge in [-0.1, -0.05) is 30.3 Å². The lowest BCUT2D eigenvalue weighted by atomic mass is 9.99. The van der Waals surface area contributed by atoms with E-state index in [4.69, 9.17) is 4.74 Å². The van der Waals surface area contributed by atoms with E-state index in [1.165, 1.54) is 10.6 Å². The fourth-order valence-corrected chi connectivity index (χ4v) is 4.77. The number of rotatable bonds is 7. The number of benzene rings is 3. The number of nitrogens with zero attached hydrogens (tertiary/aromatic N) is 1. The third kappa shape index (κ3) is 4.73. The Morgan fingerprint density at radius 1 is 0.906 bits per heavy atom. The van der Waals surface area contributed by atoms with Crippen molar-refractivity contribution >= 4 is 27.3 Å². The smallest absolute Gasteiger partial charge is 0.232 e. The molecule has 6 nitrogen and oxygen atoms in total. The largest absolute Gasteiger partial charge is 0.485 e. The Morgan fingerprint density at radius 3 is 2.25 bits per heavy atom. The molecule has 3 aromatic rings. The van der Waals surface area contributed by atoms with Gasteiger partial charge < -0.3 is 4.74 Å². The van der Waals surface area contributed by atoms with Crippen LogP contribution in [0, 0.1) is 0 Å². The molecule has 4 rings (SSSR count). The second-order valence-corrected chi connectivity index (χ2v) is 9.62. The highest BCUT2D eigenvalue weighted by Crippen LogP contribution is 2.30. The van der Waals surface area contributed by atoms with Crippen LogP contribution in [0.25, 0.3) is 0 Å². The maximum atomic E-state index is 12.6. The van der Waals surface area contributed by atoms with Crippen LogP contribution < -0.4 is 9.04 Å². The van der Waals surface area contributed by atoms with E-state index in [9.17, 15) is 18.0 Å². The Labute approximate surface area is 187 Å². The van der Waals surface area contributed by atoms with Crippen LogP contribution in [-0.2, 0) is 16.4 Å².